The van der Waals surface area contributed by atoms with Gasteiger partial charge >= 0.3 is 0 Å². The van der Waals surface area contributed by atoms with Gasteiger partial charge in [-0.05, 0) is 18.3 Å². The van der Waals surface area contributed by atoms with Crippen molar-refractivity contribution in [3.63, 3.8) is 0 Å². The van der Waals surface area contributed by atoms with E-state index in [-0.39, 0.29) is 18.2 Å². The molecule has 1 aromatic carbocycles. The average Bonchev–Trinajstić information content (AvgIpc) is 2.41. The second-order valence-electron chi connectivity index (χ2n) is 5.83. The topological polar surface area (TPSA) is 12.0 Å². The maximum Gasteiger partial charge on any atom is 0.285 e. The minimum atomic E-state index is -2.79. The largest absolute Gasteiger partial charge is 0.308 e. The summed E-state index contributed by atoms with van der Waals surface area (Å²) in [5.41, 5.74) is 0.0963. The van der Waals surface area contributed by atoms with Crippen molar-refractivity contribution < 1.29 is 8.78 Å². The molecule has 0 heterocycles. The van der Waals surface area contributed by atoms with Crippen molar-refractivity contribution in [3.8, 4) is 0 Å². The monoisotopic (exact) mass is 267 g/mol. The molecule has 106 valence electrons. The van der Waals surface area contributed by atoms with E-state index in [9.17, 15) is 8.78 Å². The van der Waals surface area contributed by atoms with Crippen LogP contribution in [0.15, 0.2) is 30.3 Å². The maximum atomic E-state index is 14.1. The predicted molar refractivity (Wildman–Crippen MR) is 74.3 cm³/mol. The first-order valence-electron chi connectivity index (χ1n) is 7.17. The summed E-state index contributed by atoms with van der Waals surface area (Å²) in [5.74, 6) is -1.70. The molecule has 1 aromatic rings. The van der Waals surface area contributed by atoms with Crippen LogP contribution in [-0.4, -0.2) is 12.6 Å². The van der Waals surface area contributed by atoms with Crippen LogP contribution in [0.4, 0.5) is 8.78 Å². The van der Waals surface area contributed by atoms with Gasteiger partial charge in [-0.1, -0.05) is 57.0 Å². The first kappa shape index (κ1) is 14.4. The fraction of sp³-hybridized carbons (Fsp3) is 0.625. The molecule has 0 saturated heterocycles. The highest BCUT2D eigenvalue weighted by atomic mass is 19.3. The number of alkyl halides is 2. The Balaban J connectivity index is 1.94. The summed E-state index contributed by atoms with van der Waals surface area (Å²) in [4.78, 5) is 0. The average molecular weight is 267 g/mol. The Morgan fingerprint density at radius 1 is 1.16 bits per heavy atom. The molecule has 3 atom stereocenters. The van der Waals surface area contributed by atoms with E-state index >= 15 is 0 Å². The van der Waals surface area contributed by atoms with Crippen LogP contribution >= 0.6 is 0 Å². The Bertz CT molecular complexity index is 391. The van der Waals surface area contributed by atoms with Crippen molar-refractivity contribution in [2.75, 3.05) is 6.54 Å². The standard InChI is InChI=1S/C16H23F2N/c1-12-7-6-10-15(13(12)2)19-11-16(17,18)14-8-4-3-5-9-14/h3-5,8-9,12-13,15,19H,6-7,10-11H2,1-2H3. The highest BCUT2D eigenvalue weighted by Crippen LogP contribution is 2.31. The quantitative estimate of drug-likeness (QED) is 0.862. The molecule has 3 heteroatoms. The second kappa shape index (κ2) is 6.00. The molecule has 0 amide bonds. The molecule has 1 aliphatic carbocycles. The number of nitrogens with one attached hydrogen (secondary N) is 1. The van der Waals surface area contributed by atoms with Gasteiger partial charge in [0.25, 0.3) is 5.92 Å². The SMILES string of the molecule is CC1CCCC(NCC(F)(F)c2ccccc2)C1C. The van der Waals surface area contributed by atoms with Crippen LogP contribution in [0.2, 0.25) is 0 Å². The van der Waals surface area contributed by atoms with Gasteiger partial charge in [-0.15, -0.1) is 0 Å². The van der Waals surface area contributed by atoms with Crippen LogP contribution in [0.3, 0.4) is 0 Å². The lowest BCUT2D eigenvalue weighted by molar-refractivity contribution is -0.00994. The van der Waals surface area contributed by atoms with Crippen LogP contribution in [0.5, 0.6) is 0 Å². The molecule has 0 bridgehead atoms. The van der Waals surface area contributed by atoms with Crippen LogP contribution < -0.4 is 5.32 Å². The molecular weight excluding hydrogens is 244 g/mol. The van der Waals surface area contributed by atoms with E-state index in [0.29, 0.717) is 11.8 Å². The summed E-state index contributed by atoms with van der Waals surface area (Å²) in [7, 11) is 0. The first-order chi connectivity index (χ1) is 9.00. The first-order valence-corrected chi connectivity index (χ1v) is 7.17. The minimum Gasteiger partial charge on any atom is -0.308 e. The van der Waals surface area contributed by atoms with E-state index in [0.717, 1.165) is 12.8 Å². The van der Waals surface area contributed by atoms with Crippen molar-refractivity contribution >= 4 is 0 Å². The summed E-state index contributed by atoms with van der Waals surface area (Å²) in [5, 5.41) is 3.09. The second-order valence-corrected chi connectivity index (χ2v) is 5.83. The Morgan fingerprint density at radius 2 is 1.84 bits per heavy atom. The normalized spacial score (nSPS) is 28.3. The third-order valence-corrected chi connectivity index (χ3v) is 4.49. The molecule has 19 heavy (non-hydrogen) atoms. The fourth-order valence-corrected chi connectivity index (χ4v) is 2.91. The van der Waals surface area contributed by atoms with Gasteiger partial charge in [0.2, 0.25) is 0 Å². The van der Waals surface area contributed by atoms with Gasteiger partial charge < -0.3 is 5.32 Å². The number of hydrogen-bond acceptors (Lipinski definition) is 1. The number of benzene rings is 1. The van der Waals surface area contributed by atoms with Crippen molar-refractivity contribution in [3.05, 3.63) is 35.9 Å². The van der Waals surface area contributed by atoms with Gasteiger partial charge in [0.05, 0.1) is 6.54 Å². The smallest absolute Gasteiger partial charge is 0.285 e. The van der Waals surface area contributed by atoms with E-state index < -0.39 is 5.92 Å². The zero-order valence-electron chi connectivity index (χ0n) is 11.7. The van der Waals surface area contributed by atoms with Gasteiger partial charge in [-0.3, -0.25) is 0 Å². The molecule has 3 unspecified atom stereocenters. The summed E-state index contributed by atoms with van der Waals surface area (Å²) in [6.45, 7) is 4.12. The van der Waals surface area contributed by atoms with E-state index in [1.807, 2.05) is 0 Å². The number of rotatable bonds is 4. The highest BCUT2D eigenvalue weighted by Gasteiger charge is 2.34. The van der Waals surface area contributed by atoms with Gasteiger partial charge in [0, 0.05) is 11.6 Å². The van der Waals surface area contributed by atoms with E-state index in [4.69, 9.17) is 0 Å². The van der Waals surface area contributed by atoms with Crippen LogP contribution in [0.25, 0.3) is 0 Å². The molecule has 0 aromatic heterocycles. The van der Waals surface area contributed by atoms with Gasteiger partial charge in [-0.25, -0.2) is 0 Å². The summed E-state index contributed by atoms with van der Waals surface area (Å²) in [6, 6.07) is 8.29. The molecule has 1 N–H and O–H groups in total. The molecule has 0 aliphatic heterocycles. The predicted octanol–water partition coefficient (Wildman–Crippen LogP) is 4.19. The molecule has 0 spiro atoms. The zero-order valence-corrected chi connectivity index (χ0v) is 11.7. The third kappa shape index (κ3) is 3.53. The van der Waals surface area contributed by atoms with Gasteiger partial charge in [0.1, 0.15) is 0 Å². The molecule has 1 saturated carbocycles. The molecule has 1 aliphatic rings. The molecular formula is C16H23F2N. The lowest BCUT2D eigenvalue weighted by atomic mass is 9.78. The Morgan fingerprint density at radius 3 is 2.53 bits per heavy atom. The Kier molecular flexibility index (Phi) is 4.56. The van der Waals surface area contributed by atoms with Crippen molar-refractivity contribution in [2.24, 2.45) is 11.8 Å². The van der Waals surface area contributed by atoms with Crippen molar-refractivity contribution in [1.82, 2.24) is 5.32 Å². The van der Waals surface area contributed by atoms with Crippen molar-refractivity contribution in [2.45, 2.75) is 45.1 Å². The summed E-state index contributed by atoms with van der Waals surface area (Å²) >= 11 is 0. The number of hydrogen-bond donors (Lipinski definition) is 1. The summed E-state index contributed by atoms with van der Waals surface area (Å²) < 4.78 is 28.1. The number of halogens is 2. The lowest BCUT2D eigenvalue weighted by Gasteiger charge is -2.35. The Hall–Kier alpha value is -0.960. The van der Waals surface area contributed by atoms with E-state index in [1.54, 1.807) is 18.2 Å². The van der Waals surface area contributed by atoms with Crippen LogP contribution in [-0.2, 0) is 5.92 Å². The van der Waals surface area contributed by atoms with Crippen molar-refractivity contribution in [1.29, 1.82) is 0 Å². The molecule has 2 rings (SSSR count). The van der Waals surface area contributed by atoms with Gasteiger partial charge in [-0.2, -0.15) is 8.78 Å². The molecule has 0 radical (unpaired) electrons. The van der Waals surface area contributed by atoms with Gasteiger partial charge in [0.15, 0.2) is 0 Å². The van der Waals surface area contributed by atoms with Crippen LogP contribution in [0.1, 0.15) is 38.7 Å². The fourth-order valence-electron chi connectivity index (χ4n) is 2.91. The third-order valence-electron chi connectivity index (χ3n) is 4.49. The highest BCUT2D eigenvalue weighted by molar-refractivity contribution is 5.20. The Labute approximate surface area is 114 Å². The maximum absolute atomic E-state index is 14.1. The van der Waals surface area contributed by atoms with E-state index in [1.165, 1.54) is 18.6 Å². The summed E-state index contributed by atoms with van der Waals surface area (Å²) in [6.07, 6.45) is 3.37. The zero-order chi connectivity index (χ0) is 13.9. The van der Waals surface area contributed by atoms with E-state index in [2.05, 4.69) is 19.2 Å². The minimum absolute atomic E-state index is 0.0963. The van der Waals surface area contributed by atoms with Crippen LogP contribution in [0, 0.1) is 11.8 Å². The molecule has 1 nitrogen and oxygen atoms in total. The molecule has 1 fully saturated rings. The lowest BCUT2D eigenvalue weighted by Crippen LogP contribution is -2.44.